The van der Waals surface area contributed by atoms with Gasteiger partial charge in [-0.05, 0) is 30.2 Å². The molecule has 2 heterocycles. The summed E-state index contributed by atoms with van der Waals surface area (Å²) in [6, 6.07) is 19.0. The van der Waals surface area contributed by atoms with Crippen molar-refractivity contribution in [2.24, 2.45) is 0 Å². The Kier molecular flexibility index (Phi) is 4.97. The third kappa shape index (κ3) is 3.83. The van der Waals surface area contributed by atoms with Crippen LogP contribution in [0.1, 0.15) is 24.1 Å². The van der Waals surface area contributed by atoms with Crippen LogP contribution in [-0.4, -0.2) is 25.8 Å². The molecule has 7 heteroatoms. The minimum atomic E-state index is -0.469. The third-order valence-electron chi connectivity index (χ3n) is 4.43. The first-order valence-corrected chi connectivity index (χ1v) is 8.92. The summed E-state index contributed by atoms with van der Waals surface area (Å²) in [5.41, 5.74) is 2.70. The highest BCUT2D eigenvalue weighted by atomic mass is 16.5. The second-order valence-corrected chi connectivity index (χ2v) is 6.38. The average Bonchev–Trinajstić information content (AvgIpc) is 3.27. The number of rotatable bonds is 5. The van der Waals surface area contributed by atoms with Crippen LogP contribution < -0.4 is 5.32 Å². The summed E-state index contributed by atoms with van der Waals surface area (Å²) in [4.78, 5) is 16.9. The van der Waals surface area contributed by atoms with Crippen LogP contribution in [0, 0.1) is 0 Å². The Morgan fingerprint density at radius 3 is 2.57 bits per heavy atom. The van der Waals surface area contributed by atoms with Crippen LogP contribution in [0.2, 0.25) is 0 Å². The van der Waals surface area contributed by atoms with Crippen LogP contribution in [0.3, 0.4) is 0 Å². The summed E-state index contributed by atoms with van der Waals surface area (Å²) in [5.74, 6) is 0.685. The number of carbonyl (C=O) groups is 1. The number of nitrogens with zero attached hydrogens (tertiary/aromatic N) is 4. The first kappa shape index (κ1) is 17.7. The molecule has 0 aliphatic rings. The highest BCUT2D eigenvalue weighted by Crippen LogP contribution is 2.25. The molecule has 2 aromatic carbocycles. The number of benzene rings is 2. The first-order valence-electron chi connectivity index (χ1n) is 8.92. The number of pyridine rings is 1. The number of para-hydroxylation sites is 1. The zero-order valence-corrected chi connectivity index (χ0v) is 15.3. The van der Waals surface area contributed by atoms with Crippen molar-refractivity contribution in [1.29, 1.82) is 0 Å². The van der Waals surface area contributed by atoms with Gasteiger partial charge < -0.3 is 10.1 Å². The molecule has 0 spiro atoms. The largest absolute Gasteiger partial charge is 0.445 e. The molecule has 140 valence electrons. The molecule has 28 heavy (non-hydrogen) atoms. The van der Waals surface area contributed by atoms with E-state index in [2.05, 4.69) is 20.5 Å². The molecule has 0 radical (unpaired) electrons. The minimum Gasteiger partial charge on any atom is -0.445 e. The van der Waals surface area contributed by atoms with Crippen LogP contribution in [0.5, 0.6) is 0 Å². The van der Waals surface area contributed by atoms with Crippen molar-refractivity contribution in [3.8, 4) is 5.82 Å². The van der Waals surface area contributed by atoms with Gasteiger partial charge in [-0.3, -0.25) is 4.57 Å². The lowest BCUT2D eigenvalue weighted by Gasteiger charge is -2.17. The number of hydrogen-bond donors (Lipinski definition) is 1. The van der Waals surface area contributed by atoms with Crippen molar-refractivity contribution in [1.82, 2.24) is 25.1 Å². The van der Waals surface area contributed by atoms with Crippen LogP contribution in [0.25, 0.3) is 16.7 Å². The maximum Gasteiger partial charge on any atom is 0.407 e. The number of hydrogen-bond acceptors (Lipinski definition) is 5. The molecule has 0 saturated carbocycles. The monoisotopic (exact) mass is 373 g/mol. The van der Waals surface area contributed by atoms with Crippen LogP contribution in [0.4, 0.5) is 4.79 Å². The lowest BCUT2D eigenvalue weighted by atomic mass is 10.0. The van der Waals surface area contributed by atoms with Crippen LogP contribution in [-0.2, 0) is 11.3 Å². The maximum absolute atomic E-state index is 12.3. The fraction of sp³-hybridized carbons (Fsp3) is 0.143. The normalized spacial score (nSPS) is 11.9. The summed E-state index contributed by atoms with van der Waals surface area (Å²) < 4.78 is 7.08. The molecular formula is C21H19N5O2. The molecule has 0 fully saturated rings. The number of aromatic nitrogens is 4. The van der Waals surface area contributed by atoms with Gasteiger partial charge in [0, 0.05) is 5.39 Å². The van der Waals surface area contributed by atoms with E-state index in [-0.39, 0.29) is 12.6 Å². The van der Waals surface area contributed by atoms with Crippen LogP contribution in [0.15, 0.2) is 73.3 Å². The zero-order chi connectivity index (χ0) is 19.3. The molecule has 7 nitrogen and oxygen atoms in total. The first-order chi connectivity index (χ1) is 13.7. The Hall–Kier alpha value is -3.74. The van der Waals surface area contributed by atoms with E-state index in [1.165, 1.54) is 0 Å². The predicted molar refractivity (Wildman–Crippen MR) is 105 cm³/mol. The third-order valence-corrected chi connectivity index (χ3v) is 4.43. The van der Waals surface area contributed by atoms with E-state index in [1.54, 1.807) is 17.2 Å². The number of alkyl carbamates (subject to hydrolysis) is 1. The minimum absolute atomic E-state index is 0.225. The molecule has 4 aromatic rings. The molecule has 0 aliphatic heterocycles. The molecule has 4 rings (SSSR count). The summed E-state index contributed by atoms with van der Waals surface area (Å²) in [5, 5.41) is 11.5. The van der Waals surface area contributed by atoms with Gasteiger partial charge in [0.15, 0.2) is 0 Å². The van der Waals surface area contributed by atoms with Gasteiger partial charge >= 0.3 is 6.09 Å². The number of nitrogens with one attached hydrogen (secondary N) is 1. The van der Waals surface area contributed by atoms with E-state index in [9.17, 15) is 4.79 Å². The number of carbonyl (C=O) groups excluding carboxylic acids is 1. The van der Waals surface area contributed by atoms with E-state index in [0.29, 0.717) is 5.82 Å². The highest BCUT2D eigenvalue weighted by molar-refractivity contribution is 5.84. The van der Waals surface area contributed by atoms with Gasteiger partial charge in [0.1, 0.15) is 25.1 Å². The fourth-order valence-corrected chi connectivity index (χ4v) is 3.02. The van der Waals surface area contributed by atoms with Gasteiger partial charge in [0.25, 0.3) is 0 Å². The molecule has 0 aliphatic carbocycles. The second kappa shape index (κ2) is 7.87. The van der Waals surface area contributed by atoms with Crippen molar-refractivity contribution in [3.05, 3.63) is 84.4 Å². The number of fused-ring (bicyclic) bond motifs is 1. The SMILES string of the molecule is CC(NC(=O)OCc1ccccc1)c1cc(-n2cnnc2)nc2ccccc12. The summed E-state index contributed by atoms with van der Waals surface area (Å²) >= 11 is 0. The molecule has 1 atom stereocenters. The van der Waals surface area contributed by atoms with Gasteiger partial charge in [0.05, 0.1) is 11.6 Å². The molecule has 2 aromatic heterocycles. The van der Waals surface area contributed by atoms with Crippen molar-refractivity contribution in [3.63, 3.8) is 0 Å². The molecule has 1 N–H and O–H groups in total. The van der Waals surface area contributed by atoms with E-state index < -0.39 is 6.09 Å². The smallest absolute Gasteiger partial charge is 0.407 e. The Balaban J connectivity index is 1.56. The zero-order valence-electron chi connectivity index (χ0n) is 15.3. The van der Waals surface area contributed by atoms with E-state index in [0.717, 1.165) is 22.0 Å². The molecule has 1 unspecified atom stereocenters. The lowest BCUT2D eigenvalue weighted by molar-refractivity contribution is 0.136. The van der Waals surface area contributed by atoms with Gasteiger partial charge in [-0.15, -0.1) is 10.2 Å². The Labute approximate surface area is 162 Å². The Bertz CT molecular complexity index is 1080. The fourth-order valence-electron chi connectivity index (χ4n) is 3.02. The topological polar surface area (TPSA) is 81.9 Å². The maximum atomic E-state index is 12.3. The summed E-state index contributed by atoms with van der Waals surface area (Å²) in [6.45, 7) is 2.14. The second-order valence-electron chi connectivity index (χ2n) is 6.38. The molecular weight excluding hydrogens is 354 g/mol. The van der Waals surface area contributed by atoms with E-state index in [4.69, 9.17) is 4.74 Å². The van der Waals surface area contributed by atoms with Crippen molar-refractivity contribution >= 4 is 17.0 Å². The van der Waals surface area contributed by atoms with Gasteiger partial charge in [-0.1, -0.05) is 48.5 Å². The summed E-state index contributed by atoms with van der Waals surface area (Å²) in [7, 11) is 0. The summed E-state index contributed by atoms with van der Waals surface area (Å²) in [6.07, 6.45) is 2.71. The van der Waals surface area contributed by atoms with Gasteiger partial charge in [0.2, 0.25) is 0 Å². The Morgan fingerprint density at radius 2 is 1.79 bits per heavy atom. The highest BCUT2D eigenvalue weighted by Gasteiger charge is 2.16. The lowest BCUT2D eigenvalue weighted by Crippen LogP contribution is -2.27. The van der Waals surface area contributed by atoms with Crippen molar-refractivity contribution in [2.45, 2.75) is 19.6 Å². The standard InChI is InChI=1S/C21H19N5O2/c1-15(24-21(27)28-12-16-7-3-2-4-8-16)18-11-20(26-13-22-23-14-26)25-19-10-6-5-9-17(18)19/h2-11,13-15H,12H2,1H3,(H,24,27). The Morgan fingerprint density at radius 1 is 1.07 bits per heavy atom. The van der Waals surface area contributed by atoms with Crippen LogP contribution >= 0.6 is 0 Å². The van der Waals surface area contributed by atoms with Gasteiger partial charge in [-0.25, -0.2) is 9.78 Å². The van der Waals surface area contributed by atoms with E-state index in [1.807, 2.05) is 67.6 Å². The molecule has 0 saturated heterocycles. The van der Waals surface area contributed by atoms with Gasteiger partial charge in [-0.2, -0.15) is 0 Å². The van der Waals surface area contributed by atoms with E-state index >= 15 is 0 Å². The quantitative estimate of drug-likeness (QED) is 0.575. The predicted octanol–water partition coefficient (Wildman–Crippen LogP) is 3.80. The van der Waals surface area contributed by atoms with Crippen molar-refractivity contribution < 1.29 is 9.53 Å². The molecule has 1 amide bonds. The number of ether oxygens (including phenoxy) is 1. The number of amides is 1. The molecule has 0 bridgehead atoms. The average molecular weight is 373 g/mol. The van der Waals surface area contributed by atoms with Crippen molar-refractivity contribution in [2.75, 3.05) is 0 Å².